The van der Waals surface area contributed by atoms with Crippen LogP contribution in [-0.2, 0) is 0 Å². The van der Waals surface area contributed by atoms with Crippen LogP contribution in [0.3, 0.4) is 0 Å². The van der Waals surface area contributed by atoms with Crippen LogP contribution < -0.4 is 0 Å². The average molecular weight is 276 g/mol. The fourth-order valence-corrected chi connectivity index (χ4v) is 2.06. The Hall–Kier alpha value is -0.910. The Morgan fingerprint density at radius 1 is 1.35 bits per heavy atom. The van der Waals surface area contributed by atoms with Crippen LogP contribution in [0.4, 0.5) is 0 Å². The lowest BCUT2D eigenvalue weighted by Gasteiger charge is -2.29. The van der Waals surface area contributed by atoms with Crippen LogP contribution >= 0.6 is 23.2 Å². The van der Waals surface area contributed by atoms with Gasteiger partial charge >= 0.3 is 0 Å². The third-order valence-electron chi connectivity index (χ3n) is 2.70. The molecule has 2 rings (SSSR count). The van der Waals surface area contributed by atoms with Crippen LogP contribution in [0, 0.1) is 0 Å². The molecule has 92 valence electrons. The van der Waals surface area contributed by atoms with Gasteiger partial charge in [-0.1, -0.05) is 23.2 Å². The van der Waals surface area contributed by atoms with Gasteiger partial charge in [-0.15, -0.1) is 10.2 Å². The molecule has 1 aromatic rings. The summed E-state index contributed by atoms with van der Waals surface area (Å²) < 4.78 is 0. The predicted molar refractivity (Wildman–Crippen MR) is 63.2 cm³/mol. The van der Waals surface area contributed by atoms with Crippen molar-refractivity contribution >= 4 is 29.1 Å². The molecule has 0 saturated carbocycles. The highest BCUT2D eigenvalue weighted by molar-refractivity contribution is 6.34. The van der Waals surface area contributed by atoms with Gasteiger partial charge < -0.3 is 10.0 Å². The fourth-order valence-electron chi connectivity index (χ4n) is 1.74. The normalized spacial score (nSPS) is 17.2. The molecular weight excluding hydrogens is 265 g/mol. The van der Waals surface area contributed by atoms with E-state index in [0.29, 0.717) is 25.9 Å². The Kier molecular flexibility index (Phi) is 3.81. The molecule has 5 nitrogen and oxygen atoms in total. The zero-order valence-electron chi connectivity index (χ0n) is 8.94. The molecule has 0 spiro atoms. The first-order valence-electron chi connectivity index (χ1n) is 5.24. The van der Waals surface area contributed by atoms with E-state index in [-0.39, 0.29) is 27.9 Å². The van der Waals surface area contributed by atoms with Crippen molar-refractivity contribution in [1.82, 2.24) is 15.1 Å². The number of nitrogens with zero attached hydrogens (tertiary/aromatic N) is 3. The van der Waals surface area contributed by atoms with Crippen LogP contribution in [0.25, 0.3) is 0 Å². The van der Waals surface area contributed by atoms with Gasteiger partial charge in [0.25, 0.3) is 5.91 Å². The van der Waals surface area contributed by atoms with Crippen molar-refractivity contribution in [1.29, 1.82) is 0 Å². The maximum absolute atomic E-state index is 12.1. The molecule has 0 aliphatic carbocycles. The number of rotatable bonds is 1. The Bertz CT molecular complexity index is 434. The van der Waals surface area contributed by atoms with Crippen LogP contribution in [0.5, 0.6) is 0 Å². The van der Waals surface area contributed by atoms with Crippen LogP contribution in [0.15, 0.2) is 6.07 Å². The molecule has 1 N–H and O–H groups in total. The highest BCUT2D eigenvalue weighted by Gasteiger charge is 2.24. The van der Waals surface area contributed by atoms with Crippen LogP contribution in [-0.4, -0.2) is 45.3 Å². The second kappa shape index (κ2) is 5.16. The number of aliphatic hydroxyl groups is 1. The standard InChI is InChI=1S/C10H11Cl2N3O2/c11-8-5-7(9(12)14-13-8)10(17)15-3-1-6(16)2-4-15/h5-6,16H,1-4H2. The summed E-state index contributed by atoms with van der Waals surface area (Å²) in [5, 5.41) is 16.7. The first kappa shape index (κ1) is 12.5. The molecular formula is C10H11Cl2N3O2. The monoisotopic (exact) mass is 275 g/mol. The largest absolute Gasteiger partial charge is 0.393 e. The lowest BCUT2D eigenvalue weighted by Crippen LogP contribution is -2.40. The molecule has 0 atom stereocenters. The molecule has 0 aromatic carbocycles. The summed E-state index contributed by atoms with van der Waals surface area (Å²) in [6.45, 7) is 1.02. The third kappa shape index (κ3) is 2.86. The summed E-state index contributed by atoms with van der Waals surface area (Å²) in [5.41, 5.74) is 0.253. The molecule has 1 aromatic heterocycles. The van der Waals surface area contributed by atoms with Crippen LogP contribution in [0.1, 0.15) is 23.2 Å². The van der Waals surface area contributed by atoms with Crippen molar-refractivity contribution in [3.8, 4) is 0 Å². The van der Waals surface area contributed by atoms with Gasteiger partial charge in [0, 0.05) is 13.1 Å². The van der Waals surface area contributed by atoms with E-state index in [9.17, 15) is 9.90 Å². The van der Waals surface area contributed by atoms with Gasteiger partial charge in [0.05, 0.1) is 11.7 Å². The lowest BCUT2D eigenvalue weighted by molar-refractivity contribution is 0.0546. The molecule has 7 heteroatoms. The minimum absolute atomic E-state index is 0.0468. The number of hydrogen-bond acceptors (Lipinski definition) is 4. The van der Waals surface area contributed by atoms with E-state index < -0.39 is 0 Å². The van der Waals surface area contributed by atoms with Gasteiger partial charge in [-0.3, -0.25) is 4.79 Å². The van der Waals surface area contributed by atoms with Gasteiger partial charge in [-0.2, -0.15) is 0 Å². The number of carbonyl (C=O) groups excluding carboxylic acids is 1. The maximum Gasteiger partial charge on any atom is 0.257 e. The van der Waals surface area contributed by atoms with E-state index >= 15 is 0 Å². The van der Waals surface area contributed by atoms with E-state index in [2.05, 4.69) is 10.2 Å². The number of aromatic nitrogens is 2. The van der Waals surface area contributed by atoms with Crippen molar-refractivity contribution in [2.24, 2.45) is 0 Å². The summed E-state index contributed by atoms with van der Waals surface area (Å²) in [5.74, 6) is -0.223. The van der Waals surface area contributed by atoms with E-state index in [0.717, 1.165) is 0 Å². The highest BCUT2D eigenvalue weighted by atomic mass is 35.5. The average Bonchev–Trinajstić information content (AvgIpc) is 2.32. The minimum atomic E-state index is -0.325. The molecule has 1 fully saturated rings. The summed E-state index contributed by atoms with van der Waals surface area (Å²) in [6, 6.07) is 1.41. The summed E-state index contributed by atoms with van der Waals surface area (Å²) in [6.07, 6.45) is 0.833. The van der Waals surface area contributed by atoms with Crippen molar-refractivity contribution in [3.05, 3.63) is 21.9 Å². The number of piperidine rings is 1. The molecule has 0 radical (unpaired) electrons. The Balaban J connectivity index is 2.16. The van der Waals surface area contributed by atoms with Gasteiger partial charge in [0.15, 0.2) is 10.3 Å². The summed E-state index contributed by atoms with van der Waals surface area (Å²) >= 11 is 11.5. The first-order chi connectivity index (χ1) is 8.08. The smallest absolute Gasteiger partial charge is 0.257 e. The Morgan fingerprint density at radius 2 is 2.00 bits per heavy atom. The number of aliphatic hydroxyl groups excluding tert-OH is 1. The maximum atomic E-state index is 12.1. The molecule has 0 unspecified atom stereocenters. The number of halogens is 2. The molecule has 2 heterocycles. The zero-order valence-corrected chi connectivity index (χ0v) is 10.4. The topological polar surface area (TPSA) is 66.3 Å². The number of likely N-dealkylation sites (tertiary alicyclic amines) is 1. The second-order valence-corrected chi connectivity index (χ2v) is 4.64. The number of carbonyl (C=O) groups is 1. The van der Waals surface area contributed by atoms with Crippen molar-refractivity contribution in [2.75, 3.05) is 13.1 Å². The highest BCUT2D eigenvalue weighted by Crippen LogP contribution is 2.20. The van der Waals surface area contributed by atoms with E-state index in [1.54, 1.807) is 4.90 Å². The Labute approximate surface area is 108 Å². The van der Waals surface area contributed by atoms with Crippen molar-refractivity contribution in [3.63, 3.8) is 0 Å². The predicted octanol–water partition coefficient (Wildman–Crippen LogP) is 1.38. The van der Waals surface area contributed by atoms with Crippen LogP contribution in [0.2, 0.25) is 10.3 Å². The molecule has 1 saturated heterocycles. The van der Waals surface area contributed by atoms with E-state index in [1.165, 1.54) is 6.07 Å². The SMILES string of the molecule is O=C(c1cc(Cl)nnc1Cl)N1CCC(O)CC1. The Morgan fingerprint density at radius 3 is 2.65 bits per heavy atom. The molecule has 1 aliphatic rings. The molecule has 0 bridgehead atoms. The number of amides is 1. The van der Waals surface area contributed by atoms with Gasteiger partial charge in [-0.05, 0) is 18.9 Å². The third-order valence-corrected chi connectivity index (χ3v) is 3.17. The second-order valence-electron chi connectivity index (χ2n) is 3.89. The molecule has 17 heavy (non-hydrogen) atoms. The molecule has 1 amide bonds. The first-order valence-corrected chi connectivity index (χ1v) is 5.99. The van der Waals surface area contributed by atoms with Gasteiger partial charge in [0.2, 0.25) is 0 Å². The minimum Gasteiger partial charge on any atom is -0.393 e. The summed E-state index contributed by atoms with van der Waals surface area (Å²) in [7, 11) is 0. The fraction of sp³-hybridized carbons (Fsp3) is 0.500. The quantitative estimate of drug-likeness (QED) is 0.841. The lowest BCUT2D eigenvalue weighted by atomic mass is 10.1. The zero-order chi connectivity index (χ0) is 12.4. The van der Waals surface area contributed by atoms with E-state index in [4.69, 9.17) is 23.2 Å². The number of hydrogen-bond donors (Lipinski definition) is 1. The van der Waals surface area contributed by atoms with Gasteiger partial charge in [-0.25, -0.2) is 0 Å². The summed E-state index contributed by atoms with van der Waals surface area (Å²) in [4.78, 5) is 13.7. The molecule has 1 aliphatic heterocycles. The van der Waals surface area contributed by atoms with Gasteiger partial charge in [0.1, 0.15) is 0 Å². The van der Waals surface area contributed by atoms with Crippen molar-refractivity contribution in [2.45, 2.75) is 18.9 Å². The van der Waals surface area contributed by atoms with Crippen molar-refractivity contribution < 1.29 is 9.90 Å². The van der Waals surface area contributed by atoms with E-state index in [1.807, 2.05) is 0 Å².